The van der Waals surface area contributed by atoms with Crippen LogP contribution in [0, 0.1) is 17.0 Å². The number of aryl methyl sites for hydroxylation is 1. The monoisotopic (exact) mass is 344 g/mol. The van der Waals surface area contributed by atoms with Gasteiger partial charge in [-0.15, -0.1) is 0 Å². The smallest absolute Gasteiger partial charge is 0.311 e. The first-order valence-electron chi connectivity index (χ1n) is 8.19. The Bertz CT molecular complexity index is 862. The molecule has 2 aromatic rings. The molecule has 8 nitrogen and oxygen atoms in total. The van der Waals surface area contributed by atoms with Crippen molar-refractivity contribution in [2.75, 3.05) is 13.2 Å². The molecule has 25 heavy (non-hydrogen) atoms. The minimum absolute atomic E-state index is 0.0353. The first-order valence-corrected chi connectivity index (χ1v) is 8.19. The van der Waals surface area contributed by atoms with E-state index in [9.17, 15) is 14.9 Å². The number of rotatable bonds is 5. The lowest BCUT2D eigenvalue weighted by Crippen LogP contribution is -2.35. The topological polar surface area (TPSA) is 101 Å². The molecule has 2 heterocycles. The number of nitro benzene ring substituents is 1. The van der Waals surface area contributed by atoms with Crippen LogP contribution in [0.5, 0.6) is 5.75 Å². The van der Waals surface area contributed by atoms with E-state index in [0.29, 0.717) is 37.5 Å². The number of hydrogen-bond donors (Lipinski definition) is 1. The SMILES string of the molecule is CCOc1ccc(CN2CCc3nc(C)[nH]c(=O)c3C2)cc1[N+](=O)[O-]. The summed E-state index contributed by atoms with van der Waals surface area (Å²) >= 11 is 0. The van der Waals surface area contributed by atoms with Crippen LogP contribution in [0.2, 0.25) is 0 Å². The maximum absolute atomic E-state index is 12.1. The standard InChI is InChI=1S/C17H20N4O4/c1-3-25-16-5-4-12(8-15(16)21(23)24)9-20-7-6-14-13(10-20)17(22)19-11(2)18-14/h4-5,8H,3,6-7,9-10H2,1-2H3,(H,18,19,22). The lowest BCUT2D eigenvalue weighted by Gasteiger charge is -2.27. The number of nitrogens with one attached hydrogen (secondary N) is 1. The van der Waals surface area contributed by atoms with Crippen molar-refractivity contribution in [3.8, 4) is 5.75 Å². The molecule has 132 valence electrons. The summed E-state index contributed by atoms with van der Waals surface area (Å²) < 4.78 is 5.31. The number of hydrogen-bond acceptors (Lipinski definition) is 6. The third-order valence-electron chi connectivity index (χ3n) is 4.19. The van der Waals surface area contributed by atoms with Gasteiger partial charge in [-0.05, 0) is 25.5 Å². The number of H-pyrrole nitrogens is 1. The molecule has 0 radical (unpaired) electrons. The Balaban J connectivity index is 1.80. The Morgan fingerprint density at radius 3 is 2.96 bits per heavy atom. The van der Waals surface area contributed by atoms with Crippen molar-refractivity contribution in [1.82, 2.24) is 14.9 Å². The first kappa shape index (κ1) is 17.1. The lowest BCUT2D eigenvalue weighted by molar-refractivity contribution is -0.385. The molecule has 0 fully saturated rings. The molecule has 0 bridgehead atoms. The van der Waals surface area contributed by atoms with Crippen molar-refractivity contribution in [3.63, 3.8) is 0 Å². The van der Waals surface area contributed by atoms with Crippen LogP contribution in [-0.4, -0.2) is 32.9 Å². The Morgan fingerprint density at radius 2 is 2.24 bits per heavy atom. The van der Waals surface area contributed by atoms with E-state index < -0.39 is 4.92 Å². The van der Waals surface area contributed by atoms with Crippen molar-refractivity contribution in [1.29, 1.82) is 0 Å². The summed E-state index contributed by atoms with van der Waals surface area (Å²) in [5.41, 5.74) is 2.19. The molecule has 0 unspecified atom stereocenters. The van der Waals surface area contributed by atoms with Crippen LogP contribution in [-0.2, 0) is 19.5 Å². The molecule has 1 aliphatic heterocycles. The Hall–Kier alpha value is -2.74. The maximum Gasteiger partial charge on any atom is 0.311 e. The molecule has 3 rings (SSSR count). The number of benzene rings is 1. The second kappa shape index (κ2) is 7.02. The van der Waals surface area contributed by atoms with Crippen LogP contribution in [0.1, 0.15) is 29.6 Å². The molecule has 0 saturated carbocycles. The highest BCUT2D eigenvalue weighted by atomic mass is 16.6. The summed E-state index contributed by atoms with van der Waals surface area (Å²) in [5, 5.41) is 11.2. The quantitative estimate of drug-likeness (QED) is 0.657. The van der Waals surface area contributed by atoms with Gasteiger partial charge in [-0.1, -0.05) is 6.07 Å². The Morgan fingerprint density at radius 1 is 1.44 bits per heavy atom. The van der Waals surface area contributed by atoms with Gasteiger partial charge in [0, 0.05) is 32.1 Å². The number of ether oxygens (including phenoxy) is 1. The minimum atomic E-state index is -0.433. The summed E-state index contributed by atoms with van der Waals surface area (Å²) in [6.45, 7) is 5.70. The fraction of sp³-hybridized carbons (Fsp3) is 0.412. The van der Waals surface area contributed by atoms with E-state index in [4.69, 9.17) is 4.74 Å². The van der Waals surface area contributed by atoms with E-state index in [1.54, 1.807) is 19.9 Å². The number of fused-ring (bicyclic) bond motifs is 1. The predicted molar refractivity (Wildman–Crippen MR) is 91.7 cm³/mol. The van der Waals surface area contributed by atoms with E-state index in [2.05, 4.69) is 14.9 Å². The van der Waals surface area contributed by atoms with Crippen molar-refractivity contribution < 1.29 is 9.66 Å². The van der Waals surface area contributed by atoms with Gasteiger partial charge in [0.25, 0.3) is 5.56 Å². The molecule has 0 amide bonds. The molecule has 0 spiro atoms. The molecule has 1 aromatic heterocycles. The van der Waals surface area contributed by atoms with Crippen LogP contribution in [0.15, 0.2) is 23.0 Å². The first-order chi connectivity index (χ1) is 12.0. The molecule has 1 aliphatic rings. The zero-order chi connectivity index (χ0) is 18.0. The van der Waals surface area contributed by atoms with Crippen LogP contribution in [0.4, 0.5) is 5.69 Å². The largest absolute Gasteiger partial charge is 0.487 e. The van der Waals surface area contributed by atoms with E-state index in [1.165, 1.54) is 6.07 Å². The zero-order valence-electron chi connectivity index (χ0n) is 14.2. The molecule has 1 aromatic carbocycles. The summed E-state index contributed by atoms with van der Waals surface area (Å²) in [7, 11) is 0. The van der Waals surface area contributed by atoms with E-state index in [0.717, 1.165) is 17.8 Å². The second-order valence-corrected chi connectivity index (χ2v) is 6.03. The van der Waals surface area contributed by atoms with Gasteiger partial charge >= 0.3 is 5.69 Å². The Labute approximate surface area is 144 Å². The zero-order valence-corrected chi connectivity index (χ0v) is 14.2. The highest BCUT2D eigenvalue weighted by Crippen LogP contribution is 2.29. The predicted octanol–water partition coefficient (Wildman–Crippen LogP) is 1.94. The average molecular weight is 344 g/mol. The summed E-state index contributed by atoms with van der Waals surface area (Å²) in [5.74, 6) is 0.899. The third-order valence-corrected chi connectivity index (χ3v) is 4.19. The molecule has 0 aliphatic carbocycles. The van der Waals surface area contributed by atoms with Gasteiger partial charge < -0.3 is 9.72 Å². The summed E-state index contributed by atoms with van der Waals surface area (Å²) in [6, 6.07) is 5.00. The second-order valence-electron chi connectivity index (χ2n) is 6.03. The number of nitro groups is 1. The van der Waals surface area contributed by atoms with Crippen molar-refractivity contribution in [2.24, 2.45) is 0 Å². The van der Waals surface area contributed by atoms with Gasteiger partial charge in [0.2, 0.25) is 0 Å². The van der Waals surface area contributed by atoms with E-state index in [-0.39, 0.29) is 17.0 Å². The van der Waals surface area contributed by atoms with E-state index in [1.807, 2.05) is 6.07 Å². The van der Waals surface area contributed by atoms with Crippen LogP contribution < -0.4 is 10.3 Å². The molecule has 0 atom stereocenters. The third kappa shape index (κ3) is 3.69. The average Bonchev–Trinajstić information content (AvgIpc) is 2.57. The molecule has 1 N–H and O–H groups in total. The maximum atomic E-state index is 12.1. The molecular formula is C17H20N4O4. The molecule has 8 heteroatoms. The Kier molecular flexibility index (Phi) is 4.80. The molecular weight excluding hydrogens is 324 g/mol. The van der Waals surface area contributed by atoms with Gasteiger partial charge in [-0.25, -0.2) is 4.98 Å². The van der Waals surface area contributed by atoms with Crippen molar-refractivity contribution in [2.45, 2.75) is 33.4 Å². The van der Waals surface area contributed by atoms with E-state index >= 15 is 0 Å². The summed E-state index contributed by atoms with van der Waals surface area (Å²) in [6.07, 6.45) is 0.694. The van der Waals surface area contributed by atoms with Gasteiger partial charge in [-0.3, -0.25) is 19.8 Å². The van der Waals surface area contributed by atoms with Crippen LogP contribution in [0.25, 0.3) is 0 Å². The van der Waals surface area contributed by atoms with Gasteiger partial charge in [0.1, 0.15) is 5.82 Å². The number of aromatic amines is 1. The van der Waals surface area contributed by atoms with Crippen LogP contribution in [0.3, 0.4) is 0 Å². The fourth-order valence-corrected chi connectivity index (χ4v) is 3.08. The summed E-state index contributed by atoms with van der Waals surface area (Å²) in [4.78, 5) is 32.1. The van der Waals surface area contributed by atoms with Gasteiger partial charge in [0.05, 0.1) is 22.8 Å². The van der Waals surface area contributed by atoms with Gasteiger partial charge in [-0.2, -0.15) is 0 Å². The molecule has 0 saturated heterocycles. The van der Waals surface area contributed by atoms with Crippen molar-refractivity contribution >= 4 is 5.69 Å². The number of nitrogens with zero attached hydrogens (tertiary/aromatic N) is 3. The normalized spacial score (nSPS) is 14.2. The minimum Gasteiger partial charge on any atom is -0.487 e. The van der Waals surface area contributed by atoms with Gasteiger partial charge in [0.15, 0.2) is 5.75 Å². The number of aromatic nitrogens is 2. The highest BCUT2D eigenvalue weighted by Gasteiger charge is 2.22. The highest BCUT2D eigenvalue weighted by molar-refractivity contribution is 5.48. The lowest BCUT2D eigenvalue weighted by atomic mass is 10.1. The fourth-order valence-electron chi connectivity index (χ4n) is 3.08. The van der Waals surface area contributed by atoms with Crippen molar-refractivity contribution in [3.05, 3.63) is 61.3 Å². The van der Waals surface area contributed by atoms with Crippen LogP contribution >= 0.6 is 0 Å².